The number of hydrogen-bond acceptors (Lipinski definition) is 4. The first-order chi connectivity index (χ1) is 9.03. The Labute approximate surface area is 114 Å². The second-order valence-electron chi connectivity index (χ2n) is 3.55. The summed E-state index contributed by atoms with van der Waals surface area (Å²) in [6.07, 6.45) is -3.02. The molecule has 0 aliphatic carbocycles. The van der Waals surface area contributed by atoms with E-state index in [1.807, 2.05) is 0 Å². The van der Waals surface area contributed by atoms with Crippen LogP contribution >= 0.6 is 11.6 Å². The molecule has 0 amide bonds. The van der Waals surface area contributed by atoms with Gasteiger partial charge in [-0.1, -0.05) is 0 Å². The number of rotatable bonds is 5. The molecule has 0 spiro atoms. The van der Waals surface area contributed by atoms with Crippen LogP contribution in [0.5, 0.6) is 0 Å². The van der Waals surface area contributed by atoms with Gasteiger partial charge in [-0.3, -0.25) is 4.79 Å². The van der Waals surface area contributed by atoms with Crippen LogP contribution in [0.3, 0.4) is 0 Å². The lowest BCUT2D eigenvalue weighted by Gasteiger charge is -2.10. The van der Waals surface area contributed by atoms with Gasteiger partial charge in [-0.2, -0.15) is 5.26 Å². The Morgan fingerprint density at radius 3 is 2.79 bits per heavy atom. The van der Waals surface area contributed by atoms with Crippen LogP contribution in [0, 0.1) is 11.3 Å². The SMILES string of the molecule is CCOC(=O)Cc1cc(C#N)c(C(F)F)nc1CCl. The predicted molar refractivity (Wildman–Crippen MR) is 63.8 cm³/mol. The maximum atomic E-state index is 12.7. The second-order valence-corrected chi connectivity index (χ2v) is 3.82. The normalized spacial score (nSPS) is 10.3. The molecule has 0 N–H and O–H groups in total. The average Bonchev–Trinajstić information content (AvgIpc) is 2.38. The van der Waals surface area contributed by atoms with E-state index in [4.69, 9.17) is 21.6 Å². The van der Waals surface area contributed by atoms with Crippen molar-refractivity contribution in [2.45, 2.75) is 25.7 Å². The van der Waals surface area contributed by atoms with Gasteiger partial charge in [0.25, 0.3) is 6.43 Å². The zero-order valence-electron chi connectivity index (χ0n) is 10.1. The zero-order chi connectivity index (χ0) is 14.4. The summed E-state index contributed by atoms with van der Waals surface area (Å²) in [7, 11) is 0. The number of nitriles is 1. The fraction of sp³-hybridized carbons (Fsp3) is 0.417. The molecule has 1 rings (SSSR count). The molecule has 1 aromatic rings. The van der Waals surface area contributed by atoms with E-state index in [0.717, 1.165) is 0 Å². The lowest BCUT2D eigenvalue weighted by molar-refractivity contribution is -0.142. The van der Waals surface area contributed by atoms with Crippen molar-refractivity contribution in [3.63, 3.8) is 0 Å². The molecular weight excluding hydrogens is 278 g/mol. The molecule has 0 bridgehead atoms. The quantitative estimate of drug-likeness (QED) is 0.617. The molecule has 4 nitrogen and oxygen atoms in total. The highest BCUT2D eigenvalue weighted by atomic mass is 35.5. The summed E-state index contributed by atoms with van der Waals surface area (Å²) in [6.45, 7) is 1.86. The van der Waals surface area contributed by atoms with E-state index in [1.165, 1.54) is 6.07 Å². The molecule has 0 fully saturated rings. The Morgan fingerprint density at radius 2 is 2.32 bits per heavy atom. The number of esters is 1. The molecule has 0 radical (unpaired) electrons. The van der Waals surface area contributed by atoms with Crippen molar-refractivity contribution in [3.8, 4) is 6.07 Å². The van der Waals surface area contributed by atoms with E-state index in [-0.39, 0.29) is 30.2 Å². The Morgan fingerprint density at radius 1 is 1.63 bits per heavy atom. The third-order valence-electron chi connectivity index (χ3n) is 2.31. The van der Waals surface area contributed by atoms with Crippen LogP contribution in [0.4, 0.5) is 8.78 Å². The highest BCUT2D eigenvalue weighted by Crippen LogP contribution is 2.24. The monoisotopic (exact) mass is 288 g/mol. The maximum Gasteiger partial charge on any atom is 0.310 e. The maximum absolute atomic E-state index is 12.7. The third kappa shape index (κ3) is 3.86. The van der Waals surface area contributed by atoms with Crippen molar-refractivity contribution in [1.29, 1.82) is 5.26 Å². The summed E-state index contributed by atoms with van der Waals surface area (Å²) in [5.41, 5.74) is -0.396. The first-order valence-electron chi connectivity index (χ1n) is 5.46. The van der Waals surface area contributed by atoms with Gasteiger partial charge in [0.05, 0.1) is 30.2 Å². The van der Waals surface area contributed by atoms with Gasteiger partial charge in [0.1, 0.15) is 11.8 Å². The van der Waals surface area contributed by atoms with Crippen molar-refractivity contribution in [1.82, 2.24) is 4.98 Å². The van der Waals surface area contributed by atoms with Crippen LogP contribution in [0.1, 0.15) is 35.9 Å². The fourth-order valence-electron chi connectivity index (χ4n) is 1.50. The molecule has 1 heterocycles. The summed E-state index contributed by atoms with van der Waals surface area (Å²) in [6, 6.07) is 2.85. The van der Waals surface area contributed by atoms with Crippen molar-refractivity contribution in [2.75, 3.05) is 6.61 Å². The third-order valence-corrected chi connectivity index (χ3v) is 2.57. The molecular formula is C12H11ClF2N2O2. The first kappa shape index (κ1) is 15.3. The molecule has 0 atom stereocenters. The van der Waals surface area contributed by atoms with Gasteiger partial charge >= 0.3 is 5.97 Å². The van der Waals surface area contributed by atoms with Gasteiger partial charge < -0.3 is 4.74 Å². The van der Waals surface area contributed by atoms with Gasteiger partial charge in [-0.05, 0) is 18.6 Å². The van der Waals surface area contributed by atoms with Crippen molar-refractivity contribution < 1.29 is 18.3 Å². The molecule has 1 aromatic heterocycles. The fourth-order valence-corrected chi connectivity index (χ4v) is 1.73. The predicted octanol–water partition coefficient (Wildman–Crippen LogP) is 2.74. The zero-order valence-corrected chi connectivity index (χ0v) is 10.9. The summed E-state index contributed by atoms with van der Waals surface area (Å²) in [5, 5.41) is 8.82. The highest BCUT2D eigenvalue weighted by Gasteiger charge is 2.19. The van der Waals surface area contributed by atoms with Crippen LogP contribution in [-0.2, 0) is 21.8 Å². The Kier molecular flexibility index (Phi) is 5.64. The number of carbonyl (C=O) groups excluding carboxylic acids is 1. The minimum absolute atomic E-state index is 0.125. The van der Waals surface area contributed by atoms with E-state index >= 15 is 0 Å². The van der Waals surface area contributed by atoms with E-state index in [1.54, 1.807) is 13.0 Å². The van der Waals surface area contributed by atoms with E-state index in [9.17, 15) is 13.6 Å². The summed E-state index contributed by atoms with van der Waals surface area (Å²) in [5.74, 6) is -0.649. The Balaban J connectivity index is 3.18. The van der Waals surface area contributed by atoms with Crippen LogP contribution < -0.4 is 0 Å². The number of carbonyl (C=O) groups is 1. The summed E-state index contributed by atoms with van der Waals surface area (Å²) < 4.78 is 30.2. The number of alkyl halides is 3. The van der Waals surface area contributed by atoms with Crippen molar-refractivity contribution >= 4 is 17.6 Å². The van der Waals surface area contributed by atoms with Crippen molar-refractivity contribution in [3.05, 3.63) is 28.6 Å². The van der Waals surface area contributed by atoms with Gasteiger partial charge in [-0.15, -0.1) is 11.6 Å². The van der Waals surface area contributed by atoms with Gasteiger partial charge in [0, 0.05) is 0 Å². The second kappa shape index (κ2) is 7.00. The lowest BCUT2D eigenvalue weighted by Crippen LogP contribution is -2.11. The molecule has 102 valence electrons. The van der Waals surface area contributed by atoms with Crippen molar-refractivity contribution in [2.24, 2.45) is 0 Å². The van der Waals surface area contributed by atoms with Gasteiger partial charge in [0.2, 0.25) is 0 Å². The van der Waals surface area contributed by atoms with E-state index in [0.29, 0.717) is 5.56 Å². The highest BCUT2D eigenvalue weighted by molar-refractivity contribution is 6.17. The number of ether oxygens (including phenoxy) is 1. The van der Waals surface area contributed by atoms with Gasteiger partial charge in [0.15, 0.2) is 0 Å². The molecule has 0 saturated carbocycles. The molecule has 0 aromatic carbocycles. The first-order valence-corrected chi connectivity index (χ1v) is 5.99. The number of nitrogens with zero attached hydrogens (tertiary/aromatic N) is 2. The van der Waals surface area contributed by atoms with Crippen LogP contribution in [-0.4, -0.2) is 17.6 Å². The topological polar surface area (TPSA) is 63.0 Å². The van der Waals surface area contributed by atoms with Gasteiger partial charge in [-0.25, -0.2) is 13.8 Å². The smallest absolute Gasteiger partial charge is 0.310 e. The summed E-state index contributed by atoms with van der Waals surface area (Å²) in [4.78, 5) is 15.0. The largest absolute Gasteiger partial charge is 0.466 e. The molecule has 0 aliphatic heterocycles. The Hall–Kier alpha value is -1.74. The Bertz CT molecular complexity index is 515. The lowest BCUT2D eigenvalue weighted by atomic mass is 10.1. The molecule has 0 saturated heterocycles. The molecule has 0 aliphatic rings. The number of aromatic nitrogens is 1. The molecule has 0 unspecified atom stereocenters. The molecule has 7 heteroatoms. The van der Waals surface area contributed by atoms with Crippen LogP contribution in [0.2, 0.25) is 0 Å². The van der Waals surface area contributed by atoms with E-state index < -0.39 is 18.1 Å². The number of hydrogen-bond donors (Lipinski definition) is 0. The van der Waals surface area contributed by atoms with Crippen LogP contribution in [0.25, 0.3) is 0 Å². The molecule has 19 heavy (non-hydrogen) atoms. The minimum Gasteiger partial charge on any atom is -0.466 e. The van der Waals surface area contributed by atoms with E-state index in [2.05, 4.69) is 4.98 Å². The number of pyridine rings is 1. The average molecular weight is 289 g/mol. The summed E-state index contributed by atoms with van der Waals surface area (Å²) >= 11 is 5.62. The standard InChI is InChI=1S/C12H11ClF2N2O2/c1-2-19-10(18)4-7-3-8(6-16)11(12(14)15)17-9(7)5-13/h3,12H,2,4-5H2,1H3. The van der Waals surface area contributed by atoms with Crippen LogP contribution in [0.15, 0.2) is 6.07 Å². The minimum atomic E-state index is -2.87. The number of halogens is 3.